The van der Waals surface area contributed by atoms with E-state index in [0.717, 1.165) is 24.5 Å². The number of fused-ring (bicyclic) bond motifs is 1. The molecule has 0 radical (unpaired) electrons. The molecule has 0 saturated heterocycles. The van der Waals surface area contributed by atoms with Gasteiger partial charge in [-0.2, -0.15) is 13.2 Å². The second-order valence-electron chi connectivity index (χ2n) is 6.82. The number of nitrogens with one attached hydrogen (secondary N) is 2. The topological polar surface area (TPSA) is 65.2 Å². The highest BCUT2D eigenvalue weighted by Gasteiger charge is 2.36. The van der Waals surface area contributed by atoms with Gasteiger partial charge in [-0.05, 0) is 36.6 Å². The van der Waals surface area contributed by atoms with Crippen LogP contribution in [-0.4, -0.2) is 34.8 Å². The van der Waals surface area contributed by atoms with Crippen LogP contribution in [0.3, 0.4) is 0 Å². The molecule has 1 aromatic heterocycles. The zero-order chi connectivity index (χ0) is 20.3. The number of hydrogen-bond acceptors (Lipinski definition) is 2. The molecule has 150 valence electrons. The third kappa shape index (κ3) is 4.21. The number of nitrogens with zero attached hydrogens (tertiary/aromatic N) is 1. The van der Waals surface area contributed by atoms with Crippen LogP contribution in [0.2, 0.25) is 0 Å². The molecule has 0 unspecified atom stereocenters. The van der Waals surface area contributed by atoms with E-state index >= 15 is 0 Å². The van der Waals surface area contributed by atoms with Crippen LogP contribution >= 0.6 is 0 Å². The summed E-state index contributed by atoms with van der Waals surface area (Å²) in [5, 5.41) is 2.82. The summed E-state index contributed by atoms with van der Waals surface area (Å²) < 4.78 is 39.6. The number of unbranched alkanes of at least 4 members (excludes halogenated alkanes) is 1. The molecule has 0 aliphatic carbocycles. The minimum atomic E-state index is -4.59. The zero-order valence-corrected chi connectivity index (χ0v) is 15.5. The quantitative estimate of drug-likeness (QED) is 0.760. The molecule has 0 saturated carbocycles. The maximum Gasteiger partial charge on any atom is 0.417 e. The summed E-state index contributed by atoms with van der Waals surface area (Å²) in [4.78, 5) is 29.3. The second-order valence-corrected chi connectivity index (χ2v) is 6.82. The molecule has 3 rings (SSSR count). The molecule has 2 heterocycles. The molecule has 5 nitrogen and oxygen atoms in total. The Hall–Kier alpha value is -2.77. The predicted molar refractivity (Wildman–Crippen MR) is 97.9 cm³/mol. The fraction of sp³-hybridized carbons (Fsp3) is 0.400. The van der Waals surface area contributed by atoms with Crippen molar-refractivity contribution in [2.45, 2.75) is 38.9 Å². The normalized spacial score (nSPS) is 13.9. The molecule has 1 aliphatic heterocycles. The van der Waals surface area contributed by atoms with Crippen molar-refractivity contribution in [1.82, 2.24) is 15.2 Å². The molecule has 2 N–H and O–H groups in total. The van der Waals surface area contributed by atoms with E-state index in [1.165, 1.54) is 23.1 Å². The second kappa shape index (κ2) is 8.08. The molecule has 2 aromatic rings. The lowest BCUT2D eigenvalue weighted by molar-refractivity contribution is -0.138. The third-order valence-corrected chi connectivity index (χ3v) is 4.80. The van der Waals surface area contributed by atoms with Crippen molar-refractivity contribution in [3.8, 4) is 0 Å². The first-order valence-corrected chi connectivity index (χ1v) is 9.25. The van der Waals surface area contributed by atoms with Gasteiger partial charge in [0, 0.05) is 18.8 Å². The Kier molecular flexibility index (Phi) is 5.76. The van der Waals surface area contributed by atoms with Crippen LogP contribution in [0.5, 0.6) is 0 Å². The maximum absolute atomic E-state index is 13.2. The molecule has 2 amide bonds. The summed E-state index contributed by atoms with van der Waals surface area (Å²) in [5.41, 5.74) is 0.709. The van der Waals surface area contributed by atoms with Crippen molar-refractivity contribution in [3.05, 3.63) is 58.4 Å². The van der Waals surface area contributed by atoms with Crippen molar-refractivity contribution in [2.75, 3.05) is 13.1 Å². The van der Waals surface area contributed by atoms with Crippen molar-refractivity contribution in [2.24, 2.45) is 0 Å². The Morgan fingerprint density at radius 1 is 1.25 bits per heavy atom. The Bertz CT molecular complexity index is 874. The number of carbonyl (C=O) groups excluding carboxylic acids is 2. The average molecular weight is 393 g/mol. The molecular formula is C20H22F3N3O2. The number of amides is 2. The zero-order valence-electron chi connectivity index (χ0n) is 15.5. The van der Waals surface area contributed by atoms with Crippen LogP contribution in [-0.2, 0) is 19.1 Å². The smallest absolute Gasteiger partial charge is 0.353 e. The first-order valence-electron chi connectivity index (χ1n) is 9.25. The van der Waals surface area contributed by atoms with E-state index < -0.39 is 17.6 Å². The van der Waals surface area contributed by atoms with Crippen LogP contribution < -0.4 is 5.32 Å². The van der Waals surface area contributed by atoms with E-state index in [-0.39, 0.29) is 18.0 Å². The first kappa shape index (κ1) is 20.0. The standard InChI is InChI=1S/C20H22F3N3O2/c1-2-3-9-24-18(27)16-11-13-8-10-26(12-17(13)25-16)19(28)14-6-4-5-7-15(14)20(21,22)23/h4-7,11,25H,2-3,8-10,12H2,1H3,(H,24,27). The SMILES string of the molecule is CCCCNC(=O)c1cc2c([nH]1)CN(C(=O)c1ccccc1C(F)(F)F)CC2. The molecular weight excluding hydrogens is 371 g/mol. The van der Waals surface area contributed by atoms with Gasteiger partial charge in [-0.25, -0.2) is 0 Å². The number of benzene rings is 1. The van der Waals surface area contributed by atoms with Gasteiger partial charge < -0.3 is 15.2 Å². The number of aromatic amines is 1. The number of carbonyl (C=O) groups is 2. The van der Waals surface area contributed by atoms with Gasteiger partial charge in [0.2, 0.25) is 0 Å². The summed E-state index contributed by atoms with van der Waals surface area (Å²) >= 11 is 0. The molecule has 0 bridgehead atoms. The van der Waals surface area contributed by atoms with Gasteiger partial charge in [0.05, 0.1) is 17.7 Å². The van der Waals surface area contributed by atoms with Gasteiger partial charge in [0.25, 0.3) is 11.8 Å². The highest BCUT2D eigenvalue weighted by atomic mass is 19.4. The number of alkyl halides is 3. The first-order chi connectivity index (χ1) is 13.3. The molecule has 0 spiro atoms. The van der Waals surface area contributed by atoms with E-state index in [2.05, 4.69) is 10.3 Å². The van der Waals surface area contributed by atoms with Crippen LogP contribution in [0.1, 0.15) is 57.4 Å². The monoisotopic (exact) mass is 393 g/mol. The fourth-order valence-corrected chi connectivity index (χ4v) is 3.29. The summed E-state index contributed by atoms with van der Waals surface area (Å²) in [7, 11) is 0. The lowest BCUT2D eigenvalue weighted by Gasteiger charge is -2.28. The van der Waals surface area contributed by atoms with Crippen LogP contribution in [0.4, 0.5) is 13.2 Å². The van der Waals surface area contributed by atoms with Gasteiger partial charge in [0.1, 0.15) is 5.69 Å². The lowest BCUT2D eigenvalue weighted by atomic mass is 10.0. The molecule has 0 fully saturated rings. The highest BCUT2D eigenvalue weighted by Crippen LogP contribution is 2.33. The lowest BCUT2D eigenvalue weighted by Crippen LogP contribution is -2.36. The van der Waals surface area contributed by atoms with Gasteiger partial charge in [0.15, 0.2) is 0 Å². The van der Waals surface area contributed by atoms with E-state index in [0.29, 0.717) is 30.9 Å². The molecule has 28 heavy (non-hydrogen) atoms. The minimum Gasteiger partial charge on any atom is -0.353 e. The number of aromatic nitrogens is 1. The van der Waals surface area contributed by atoms with Crippen LogP contribution in [0.15, 0.2) is 30.3 Å². The van der Waals surface area contributed by atoms with Gasteiger partial charge in [-0.15, -0.1) is 0 Å². The largest absolute Gasteiger partial charge is 0.417 e. The van der Waals surface area contributed by atoms with Crippen molar-refractivity contribution in [1.29, 1.82) is 0 Å². The van der Waals surface area contributed by atoms with Crippen LogP contribution in [0.25, 0.3) is 0 Å². The average Bonchev–Trinajstić information content (AvgIpc) is 3.10. The third-order valence-electron chi connectivity index (χ3n) is 4.80. The summed E-state index contributed by atoms with van der Waals surface area (Å²) in [6, 6.07) is 6.55. The number of halogens is 3. The van der Waals surface area contributed by atoms with Gasteiger partial charge >= 0.3 is 6.18 Å². The highest BCUT2D eigenvalue weighted by molar-refractivity contribution is 5.96. The van der Waals surface area contributed by atoms with E-state index in [9.17, 15) is 22.8 Å². The Morgan fingerprint density at radius 3 is 2.71 bits per heavy atom. The Balaban J connectivity index is 1.76. The molecule has 0 atom stereocenters. The molecule has 1 aliphatic rings. The van der Waals surface area contributed by atoms with Crippen molar-refractivity contribution >= 4 is 11.8 Å². The number of H-pyrrole nitrogens is 1. The fourth-order valence-electron chi connectivity index (χ4n) is 3.29. The summed E-state index contributed by atoms with van der Waals surface area (Å²) in [5.74, 6) is -0.884. The van der Waals surface area contributed by atoms with E-state index in [1.807, 2.05) is 6.92 Å². The number of rotatable bonds is 5. The molecule has 8 heteroatoms. The summed E-state index contributed by atoms with van der Waals surface area (Å²) in [6.07, 6.45) is -2.26. The molecule has 1 aromatic carbocycles. The Labute approximate surface area is 160 Å². The number of hydrogen-bond donors (Lipinski definition) is 2. The maximum atomic E-state index is 13.2. The summed E-state index contributed by atoms with van der Waals surface area (Å²) in [6.45, 7) is 3.05. The Morgan fingerprint density at radius 2 is 2.00 bits per heavy atom. The van der Waals surface area contributed by atoms with E-state index in [4.69, 9.17) is 0 Å². The van der Waals surface area contributed by atoms with Gasteiger partial charge in [-0.1, -0.05) is 25.5 Å². The van der Waals surface area contributed by atoms with Gasteiger partial charge in [-0.3, -0.25) is 9.59 Å². The van der Waals surface area contributed by atoms with Crippen LogP contribution in [0, 0.1) is 0 Å². The predicted octanol–water partition coefficient (Wildman–Crippen LogP) is 3.76. The van der Waals surface area contributed by atoms with E-state index in [1.54, 1.807) is 6.07 Å². The van der Waals surface area contributed by atoms with Crippen molar-refractivity contribution in [3.63, 3.8) is 0 Å². The minimum absolute atomic E-state index is 0.141. The van der Waals surface area contributed by atoms with Crippen molar-refractivity contribution < 1.29 is 22.8 Å².